The highest BCUT2D eigenvalue weighted by molar-refractivity contribution is 7.16. The van der Waals surface area contributed by atoms with Gasteiger partial charge < -0.3 is 10.1 Å². The molecule has 0 saturated carbocycles. The lowest BCUT2D eigenvalue weighted by Gasteiger charge is -2.10. The lowest BCUT2D eigenvalue weighted by Crippen LogP contribution is -2.01. The summed E-state index contributed by atoms with van der Waals surface area (Å²) in [5, 5.41) is 3.42. The van der Waals surface area contributed by atoms with Crippen LogP contribution in [0.4, 0.5) is 5.69 Å². The summed E-state index contributed by atoms with van der Waals surface area (Å²) in [7, 11) is 1.70. The fourth-order valence-corrected chi connectivity index (χ4v) is 2.73. The van der Waals surface area contributed by atoms with Crippen LogP contribution in [0.3, 0.4) is 0 Å². The molecule has 19 heavy (non-hydrogen) atoms. The van der Waals surface area contributed by atoms with Crippen molar-refractivity contribution >= 4 is 27.2 Å². The quantitative estimate of drug-likeness (QED) is 0.780. The van der Waals surface area contributed by atoms with E-state index in [1.54, 1.807) is 18.4 Å². The minimum atomic E-state index is 0.744. The molecule has 3 nitrogen and oxygen atoms in total. The zero-order chi connectivity index (χ0) is 13.1. The number of nitrogens with zero attached hydrogens (tertiary/aromatic N) is 1. The first kappa shape index (κ1) is 12.0. The van der Waals surface area contributed by atoms with Gasteiger partial charge in [0.05, 0.1) is 22.8 Å². The van der Waals surface area contributed by atoms with Gasteiger partial charge in [0.2, 0.25) is 0 Å². The molecular formula is C15H14N2OS. The number of benzene rings is 2. The summed E-state index contributed by atoms with van der Waals surface area (Å²) in [6, 6.07) is 14.3. The van der Waals surface area contributed by atoms with Crippen molar-refractivity contribution in [3.63, 3.8) is 0 Å². The van der Waals surface area contributed by atoms with Crippen molar-refractivity contribution in [1.82, 2.24) is 4.98 Å². The zero-order valence-corrected chi connectivity index (χ0v) is 11.4. The third kappa shape index (κ3) is 2.53. The van der Waals surface area contributed by atoms with Crippen LogP contribution in [0.1, 0.15) is 5.56 Å². The summed E-state index contributed by atoms with van der Waals surface area (Å²) in [6.07, 6.45) is 0. The second kappa shape index (κ2) is 5.28. The molecular weight excluding hydrogens is 256 g/mol. The van der Waals surface area contributed by atoms with Gasteiger partial charge in [0, 0.05) is 17.8 Å². The second-order valence-electron chi connectivity index (χ2n) is 4.20. The Labute approximate surface area is 115 Å². The van der Waals surface area contributed by atoms with Gasteiger partial charge in [-0.25, -0.2) is 4.98 Å². The highest BCUT2D eigenvalue weighted by atomic mass is 32.1. The number of fused-ring (bicyclic) bond motifs is 1. The fraction of sp³-hybridized carbons (Fsp3) is 0.133. The minimum absolute atomic E-state index is 0.744. The van der Waals surface area contributed by atoms with E-state index in [0.717, 1.165) is 29.1 Å². The van der Waals surface area contributed by atoms with Crippen LogP contribution < -0.4 is 10.1 Å². The Morgan fingerprint density at radius 2 is 2.11 bits per heavy atom. The van der Waals surface area contributed by atoms with Crippen LogP contribution >= 0.6 is 11.3 Å². The SMILES string of the molecule is COc1ccccc1CNc1ccc2ncsc2c1. The smallest absolute Gasteiger partial charge is 0.123 e. The lowest BCUT2D eigenvalue weighted by atomic mass is 10.2. The standard InChI is InChI=1S/C15H14N2OS/c1-18-14-5-3-2-4-11(14)9-16-12-6-7-13-15(8-12)19-10-17-13/h2-8,10,16H,9H2,1H3. The Bertz CT molecular complexity index is 693. The summed E-state index contributed by atoms with van der Waals surface area (Å²) in [5.74, 6) is 0.911. The number of para-hydroxylation sites is 1. The first-order valence-corrected chi connectivity index (χ1v) is 6.94. The van der Waals surface area contributed by atoms with Gasteiger partial charge in [-0.3, -0.25) is 0 Å². The van der Waals surface area contributed by atoms with Gasteiger partial charge in [-0.05, 0) is 24.3 Å². The van der Waals surface area contributed by atoms with E-state index in [2.05, 4.69) is 28.5 Å². The Morgan fingerprint density at radius 1 is 1.21 bits per heavy atom. The summed E-state index contributed by atoms with van der Waals surface area (Å²) < 4.78 is 6.54. The molecule has 1 N–H and O–H groups in total. The van der Waals surface area contributed by atoms with Crippen LogP contribution in [-0.2, 0) is 6.54 Å². The maximum absolute atomic E-state index is 5.34. The molecule has 96 valence electrons. The van der Waals surface area contributed by atoms with Gasteiger partial charge in [-0.1, -0.05) is 18.2 Å². The van der Waals surface area contributed by atoms with E-state index in [0.29, 0.717) is 0 Å². The number of anilines is 1. The molecule has 0 radical (unpaired) electrons. The van der Waals surface area contributed by atoms with Gasteiger partial charge in [0.1, 0.15) is 5.75 Å². The van der Waals surface area contributed by atoms with Crippen molar-refractivity contribution in [2.75, 3.05) is 12.4 Å². The molecule has 0 atom stereocenters. The number of methoxy groups -OCH3 is 1. The van der Waals surface area contributed by atoms with Gasteiger partial charge in [-0.15, -0.1) is 11.3 Å². The molecule has 0 unspecified atom stereocenters. The molecule has 0 saturated heterocycles. The molecule has 1 heterocycles. The van der Waals surface area contributed by atoms with E-state index >= 15 is 0 Å². The Morgan fingerprint density at radius 3 is 3.00 bits per heavy atom. The first-order valence-electron chi connectivity index (χ1n) is 6.06. The minimum Gasteiger partial charge on any atom is -0.496 e. The van der Waals surface area contributed by atoms with Crippen molar-refractivity contribution in [3.05, 3.63) is 53.5 Å². The largest absolute Gasteiger partial charge is 0.496 e. The van der Waals surface area contributed by atoms with E-state index in [-0.39, 0.29) is 0 Å². The van der Waals surface area contributed by atoms with Gasteiger partial charge in [0.25, 0.3) is 0 Å². The number of thiazole rings is 1. The van der Waals surface area contributed by atoms with Crippen molar-refractivity contribution in [1.29, 1.82) is 0 Å². The molecule has 0 amide bonds. The molecule has 3 rings (SSSR count). The number of hydrogen-bond acceptors (Lipinski definition) is 4. The average Bonchev–Trinajstić information content (AvgIpc) is 2.93. The van der Waals surface area contributed by atoms with Crippen LogP contribution in [0.2, 0.25) is 0 Å². The maximum Gasteiger partial charge on any atom is 0.123 e. The topological polar surface area (TPSA) is 34.1 Å². The van der Waals surface area contributed by atoms with Crippen LogP contribution in [0.5, 0.6) is 5.75 Å². The van der Waals surface area contributed by atoms with Crippen LogP contribution in [0.25, 0.3) is 10.2 Å². The van der Waals surface area contributed by atoms with Crippen LogP contribution in [0.15, 0.2) is 48.0 Å². The Balaban J connectivity index is 1.78. The van der Waals surface area contributed by atoms with E-state index in [9.17, 15) is 0 Å². The molecule has 0 aliphatic rings. The summed E-state index contributed by atoms with van der Waals surface area (Å²) in [4.78, 5) is 4.28. The average molecular weight is 270 g/mol. The number of hydrogen-bond donors (Lipinski definition) is 1. The molecule has 2 aromatic carbocycles. The molecule has 0 aliphatic heterocycles. The molecule has 3 aromatic rings. The van der Waals surface area contributed by atoms with Crippen molar-refractivity contribution in [3.8, 4) is 5.75 Å². The Hall–Kier alpha value is -2.07. The Kier molecular flexibility index (Phi) is 3.33. The molecule has 0 spiro atoms. The molecule has 0 bridgehead atoms. The van der Waals surface area contributed by atoms with E-state index in [1.165, 1.54) is 4.70 Å². The van der Waals surface area contributed by atoms with Crippen molar-refractivity contribution in [2.24, 2.45) is 0 Å². The number of aromatic nitrogens is 1. The number of rotatable bonds is 4. The lowest BCUT2D eigenvalue weighted by molar-refractivity contribution is 0.410. The van der Waals surface area contributed by atoms with Crippen molar-refractivity contribution in [2.45, 2.75) is 6.54 Å². The van der Waals surface area contributed by atoms with E-state index < -0.39 is 0 Å². The zero-order valence-electron chi connectivity index (χ0n) is 10.6. The normalized spacial score (nSPS) is 10.6. The number of ether oxygens (including phenoxy) is 1. The van der Waals surface area contributed by atoms with E-state index in [1.807, 2.05) is 29.8 Å². The van der Waals surface area contributed by atoms with Crippen molar-refractivity contribution < 1.29 is 4.74 Å². The highest BCUT2D eigenvalue weighted by Gasteiger charge is 2.02. The molecule has 0 aliphatic carbocycles. The first-order chi connectivity index (χ1) is 9.36. The van der Waals surface area contributed by atoms with Crippen LogP contribution in [-0.4, -0.2) is 12.1 Å². The molecule has 1 aromatic heterocycles. The summed E-state index contributed by atoms with van der Waals surface area (Å²) in [6.45, 7) is 0.744. The van der Waals surface area contributed by atoms with Gasteiger partial charge in [-0.2, -0.15) is 0 Å². The third-order valence-corrected chi connectivity index (χ3v) is 3.80. The molecule has 0 fully saturated rings. The van der Waals surface area contributed by atoms with Crippen LogP contribution in [0, 0.1) is 0 Å². The summed E-state index contributed by atoms with van der Waals surface area (Å²) >= 11 is 1.66. The predicted molar refractivity (Wildman–Crippen MR) is 79.9 cm³/mol. The van der Waals surface area contributed by atoms with Gasteiger partial charge in [0.15, 0.2) is 0 Å². The number of nitrogens with one attached hydrogen (secondary N) is 1. The van der Waals surface area contributed by atoms with Gasteiger partial charge >= 0.3 is 0 Å². The highest BCUT2D eigenvalue weighted by Crippen LogP contribution is 2.23. The monoisotopic (exact) mass is 270 g/mol. The molecule has 4 heteroatoms. The third-order valence-electron chi connectivity index (χ3n) is 3.01. The summed E-state index contributed by atoms with van der Waals surface area (Å²) in [5.41, 5.74) is 5.17. The maximum atomic E-state index is 5.34. The predicted octanol–water partition coefficient (Wildman–Crippen LogP) is 3.92. The van der Waals surface area contributed by atoms with E-state index in [4.69, 9.17) is 4.74 Å². The fourth-order valence-electron chi connectivity index (χ4n) is 2.01. The second-order valence-corrected chi connectivity index (χ2v) is 5.09.